The van der Waals surface area contributed by atoms with Gasteiger partial charge in [0.05, 0.1) is 16.6 Å². The maximum atomic E-state index is 12.8. The molecule has 29 heavy (non-hydrogen) atoms. The molecule has 154 valence electrons. The number of amides is 2. The van der Waals surface area contributed by atoms with Gasteiger partial charge < -0.3 is 25.1 Å². The number of piperidine rings is 1. The first-order valence-electron chi connectivity index (χ1n) is 10.3. The number of carbonyl (C=O) groups excluding carboxylic acids is 2. The Labute approximate surface area is 169 Å². The van der Waals surface area contributed by atoms with Gasteiger partial charge in [-0.05, 0) is 51.8 Å². The number of ether oxygens (including phenoxy) is 1. The monoisotopic (exact) mass is 397 g/mol. The van der Waals surface area contributed by atoms with Crippen LogP contribution in [-0.4, -0.2) is 49.7 Å². The molecule has 7 nitrogen and oxygen atoms in total. The van der Waals surface area contributed by atoms with Crippen LogP contribution in [0, 0.1) is 12.3 Å². The molecule has 1 aromatic carbocycles. The number of carbonyl (C=O) groups is 2. The van der Waals surface area contributed by atoms with Crippen LogP contribution in [0.3, 0.4) is 0 Å². The number of hydrogen-bond acceptors (Lipinski definition) is 5. The zero-order chi connectivity index (χ0) is 20.3. The van der Waals surface area contributed by atoms with E-state index >= 15 is 0 Å². The van der Waals surface area contributed by atoms with Gasteiger partial charge in [0.15, 0.2) is 5.76 Å². The summed E-state index contributed by atoms with van der Waals surface area (Å²) in [5, 5.41) is 10.2. The van der Waals surface area contributed by atoms with E-state index in [0.717, 1.165) is 36.9 Å². The number of rotatable bonds is 4. The van der Waals surface area contributed by atoms with E-state index in [4.69, 9.17) is 9.15 Å². The molecule has 4 fully saturated rings. The van der Waals surface area contributed by atoms with Gasteiger partial charge in [0.2, 0.25) is 5.91 Å². The summed E-state index contributed by atoms with van der Waals surface area (Å²) in [5.41, 5.74) is 0.161. The first-order valence-corrected chi connectivity index (χ1v) is 10.3. The summed E-state index contributed by atoms with van der Waals surface area (Å²) in [6.45, 7) is 3.98. The van der Waals surface area contributed by atoms with Gasteiger partial charge in [-0.3, -0.25) is 9.59 Å². The second-order valence-corrected chi connectivity index (χ2v) is 8.78. The number of benzene rings is 1. The van der Waals surface area contributed by atoms with Gasteiger partial charge in [-0.2, -0.15) is 0 Å². The molecule has 3 saturated heterocycles. The smallest absolute Gasteiger partial charge is 0.287 e. The van der Waals surface area contributed by atoms with Crippen molar-refractivity contribution in [3.05, 3.63) is 35.6 Å². The Morgan fingerprint density at radius 3 is 2.59 bits per heavy atom. The van der Waals surface area contributed by atoms with E-state index in [-0.39, 0.29) is 11.8 Å². The van der Waals surface area contributed by atoms with Crippen molar-refractivity contribution in [2.45, 2.75) is 43.8 Å². The van der Waals surface area contributed by atoms with Crippen molar-refractivity contribution in [3.8, 4) is 0 Å². The summed E-state index contributed by atoms with van der Waals surface area (Å²) in [6.07, 6.45) is 2.94. The molecule has 3 aliphatic heterocycles. The molecule has 1 saturated carbocycles. The molecule has 1 aromatic heterocycles. The van der Waals surface area contributed by atoms with E-state index in [2.05, 4.69) is 16.0 Å². The first kappa shape index (κ1) is 18.6. The average molecular weight is 397 g/mol. The van der Waals surface area contributed by atoms with Crippen LogP contribution in [0.2, 0.25) is 0 Å². The van der Waals surface area contributed by atoms with E-state index in [1.165, 1.54) is 0 Å². The normalized spacial score (nSPS) is 29.6. The number of aryl methyl sites for hydroxylation is 1. The van der Waals surface area contributed by atoms with Crippen LogP contribution >= 0.6 is 0 Å². The fourth-order valence-corrected chi connectivity index (χ4v) is 5.85. The Morgan fingerprint density at radius 1 is 1.17 bits per heavy atom. The summed E-state index contributed by atoms with van der Waals surface area (Å²) in [4.78, 5) is 25.6. The molecule has 2 bridgehead atoms. The lowest BCUT2D eigenvalue weighted by molar-refractivity contribution is -0.140. The van der Waals surface area contributed by atoms with Crippen molar-refractivity contribution in [2.24, 2.45) is 5.41 Å². The zero-order valence-electron chi connectivity index (χ0n) is 16.9. The van der Waals surface area contributed by atoms with E-state index in [1.807, 2.05) is 31.2 Å². The maximum Gasteiger partial charge on any atom is 0.287 e. The van der Waals surface area contributed by atoms with Crippen molar-refractivity contribution in [2.75, 3.05) is 26.7 Å². The summed E-state index contributed by atoms with van der Waals surface area (Å²) in [6, 6.07) is 7.64. The van der Waals surface area contributed by atoms with E-state index in [9.17, 15) is 9.59 Å². The minimum absolute atomic E-state index is 0.0620. The molecule has 4 aliphatic rings. The zero-order valence-corrected chi connectivity index (χ0v) is 16.9. The summed E-state index contributed by atoms with van der Waals surface area (Å²) in [5.74, 6) is 0.168. The van der Waals surface area contributed by atoms with Gasteiger partial charge in [-0.15, -0.1) is 0 Å². The predicted molar refractivity (Wildman–Crippen MR) is 108 cm³/mol. The largest absolute Gasteiger partial charge is 0.451 e. The maximum absolute atomic E-state index is 12.8. The van der Waals surface area contributed by atoms with Gasteiger partial charge in [-0.25, -0.2) is 0 Å². The molecule has 0 atom stereocenters. The SMILES string of the molecule is CNC(=O)C12CC(CNC(=O)c3oc4ccccc4c3C)(C1)OC21CCNCC1. The summed E-state index contributed by atoms with van der Waals surface area (Å²) < 4.78 is 12.4. The Kier molecular flexibility index (Phi) is 4.05. The van der Waals surface area contributed by atoms with Crippen LogP contribution in [0.25, 0.3) is 11.0 Å². The summed E-state index contributed by atoms with van der Waals surface area (Å²) >= 11 is 0. The minimum atomic E-state index is -0.482. The van der Waals surface area contributed by atoms with Crippen LogP contribution in [0.4, 0.5) is 0 Å². The fraction of sp³-hybridized carbons (Fsp3) is 0.545. The third-order valence-corrected chi connectivity index (χ3v) is 7.23. The van der Waals surface area contributed by atoms with Gasteiger partial charge in [0, 0.05) is 24.5 Å². The molecule has 2 aromatic rings. The van der Waals surface area contributed by atoms with Crippen molar-refractivity contribution in [1.29, 1.82) is 0 Å². The average Bonchev–Trinajstić information content (AvgIpc) is 3.28. The molecule has 2 amide bonds. The second kappa shape index (κ2) is 6.31. The Hall–Kier alpha value is -2.38. The Bertz CT molecular complexity index is 983. The highest BCUT2D eigenvalue weighted by Crippen LogP contribution is 2.68. The second-order valence-electron chi connectivity index (χ2n) is 8.78. The fourth-order valence-electron chi connectivity index (χ4n) is 5.85. The van der Waals surface area contributed by atoms with Gasteiger partial charge >= 0.3 is 0 Å². The first-order chi connectivity index (χ1) is 13.9. The molecule has 4 heterocycles. The molecule has 0 radical (unpaired) electrons. The van der Waals surface area contributed by atoms with Gasteiger partial charge in [0.25, 0.3) is 5.91 Å². The molecule has 7 heteroatoms. The van der Waals surface area contributed by atoms with Crippen molar-refractivity contribution in [1.82, 2.24) is 16.0 Å². The third-order valence-electron chi connectivity index (χ3n) is 7.23. The topological polar surface area (TPSA) is 92.6 Å². The molecular weight excluding hydrogens is 370 g/mol. The van der Waals surface area contributed by atoms with Gasteiger partial charge in [-0.1, -0.05) is 18.2 Å². The highest BCUT2D eigenvalue weighted by molar-refractivity contribution is 5.99. The Balaban J connectivity index is 1.34. The number of para-hydroxylation sites is 1. The molecule has 1 spiro atoms. The molecule has 6 rings (SSSR count). The minimum Gasteiger partial charge on any atom is -0.451 e. The Morgan fingerprint density at radius 2 is 1.90 bits per heavy atom. The lowest BCUT2D eigenvalue weighted by Crippen LogP contribution is -2.61. The molecule has 3 N–H and O–H groups in total. The van der Waals surface area contributed by atoms with Crippen molar-refractivity contribution >= 4 is 22.8 Å². The van der Waals surface area contributed by atoms with E-state index in [0.29, 0.717) is 30.7 Å². The number of furan rings is 1. The number of hydrogen-bond donors (Lipinski definition) is 3. The molecule has 1 aliphatic carbocycles. The lowest BCUT2D eigenvalue weighted by Gasteiger charge is -2.47. The van der Waals surface area contributed by atoms with Crippen LogP contribution in [0.5, 0.6) is 0 Å². The standard InChI is InChI=1S/C22H27N3O4/c1-14-15-5-3-4-6-16(15)28-17(14)18(26)25-13-20-11-21(12-20,19(27)23-2)22(29-20)7-9-24-10-8-22/h3-6,24H,7-13H2,1-2H3,(H,23,27)(H,25,26). The van der Waals surface area contributed by atoms with E-state index in [1.54, 1.807) is 7.05 Å². The van der Waals surface area contributed by atoms with Crippen LogP contribution < -0.4 is 16.0 Å². The van der Waals surface area contributed by atoms with Crippen molar-refractivity contribution < 1.29 is 18.7 Å². The molecular formula is C22H27N3O4. The van der Waals surface area contributed by atoms with E-state index < -0.39 is 16.6 Å². The quantitative estimate of drug-likeness (QED) is 0.733. The summed E-state index contributed by atoms with van der Waals surface area (Å²) in [7, 11) is 1.69. The van der Waals surface area contributed by atoms with Crippen LogP contribution in [0.15, 0.2) is 28.7 Å². The molecule has 0 unspecified atom stereocenters. The van der Waals surface area contributed by atoms with Crippen molar-refractivity contribution in [3.63, 3.8) is 0 Å². The van der Waals surface area contributed by atoms with Gasteiger partial charge in [0.1, 0.15) is 5.58 Å². The number of nitrogens with one attached hydrogen (secondary N) is 3. The highest BCUT2D eigenvalue weighted by Gasteiger charge is 2.77. The van der Waals surface area contributed by atoms with Crippen LogP contribution in [0.1, 0.15) is 41.8 Å². The predicted octanol–water partition coefficient (Wildman–Crippen LogP) is 1.89. The third kappa shape index (κ3) is 2.50. The van der Waals surface area contributed by atoms with Crippen LogP contribution in [-0.2, 0) is 9.53 Å². The highest BCUT2D eigenvalue weighted by atomic mass is 16.5. The lowest BCUT2D eigenvalue weighted by atomic mass is 9.53. The number of fused-ring (bicyclic) bond motifs is 1.